The molecule has 2 bridgehead atoms. The van der Waals surface area contributed by atoms with Crippen LogP contribution in [0.5, 0.6) is 0 Å². The van der Waals surface area contributed by atoms with Crippen LogP contribution in [0, 0.1) is 5.92 Å². The number of alkyl halides is 2. The predicted octanol–water partition coefficient (Wildman–Crippen LogP) is 4.54. The van der Waals surface area contributed by atoms with E-state index in [0.29, 0.717) is 10.8 Å². The summed E-state index contributed by atoms with van der Waals surface area (Å²) in [6.45, 7) is 3.05. The van der Waals surface area contributed by atoms with E-state index >= 15 is 0 Å². The lowest BCUT2D eigenvalue weighted by Crippen LogP contribution is -2.62. The molecule has 3 aliphatic heterocycles. The summed E-state index contributed by atoms with van der Waals surface area (Å²) in [7, 11) is 2.19. The molecule has 0 unspecified atom stereocenters. The molecule has 0 radical (unpaired) electrons. The summed E-state index contributed by atoms with van der Waals surface area (Å²) in [5, 5.41) is 2.29. The number of ether oxygens (including phenoxy) is 1. The van der Waals surface area contributed by atoms with Gasteiger partial charge in [-0.25, -0.2) is 18.6 Å². The normalized spacial score (nSPS) is 27.0. The van der Waals surface area contributed by atoms with Crippen molar-refractivity contribution in [3.63, 3.8) is 0 Å². The summed E-state index contributed by atoms with van der Waals surface area (Å²) in [5.74, 6) is 0.518. The third kappa shape index (κ3) is 3.82. The molecule has 1 N–H and O–H groups in total. The second-order valence-electron chi connectivity index (χ2n) is 7.55. The van der Waals surface area contributed by atoms with Crippen LogP contribution in [0.3, 0.4) is 0 Å². The van der Waals surface area contributed by atoms with E-state index in [9.17, 15) is 13.6 Å². The molecule has 1 amide bonds. The lowest BCUT2D eigenvalue weighted by atomic mass is 9.84. The van der Waals surface area contributed by atoms with Gasteiger partial charge in [-0.05, 0) is 5.56 Å². The van der Waals surface area contributed by atoms with Gasteiger partial charge in [0.25, 0.3) is 6.43 Å². The molecule has 0 saturated carbocycles. The zero-order chi connectivity index (χ0) is 19.0. The predicted molar refractivity (Wildman–Crippen MR) is 99.9 cm³/mol. The molecule has 0 aliphatic carbocycles. The minimum Gasteiger partial charge on any atom is -0.440 e. The Morgan fingerprint density at radius 2 is 2.00 bits per heavy atom. The van der Waals surface area contributed by atoms with E-state index in [1.807, 2.05) is 18.2 Å². The number of nitrogens with zero attached hydrogens (tertiary/aromatic N) is 2. The molecular formula is C19H22F2N3O2S+. The maximum atomic E-state index is 13.1. The van der Waals surface area contributed by atoms with Crippen molar-refractivity contribution in [1.29, 1.82) is 0 Å². The van der Waals surface area contributed by atoms with Gasteiger partial charge < -0.3 is 9.22 Å². The summed E-state index contributed by atoms with van der Waals surface area (Å²) in [6.07, 6.45) is -1.34. The van der Waals surface area contributed by atoms with E-state index in [-0.39, 0.29) is 16.9 Å². The molecule has 3 saturated heterocycles. The van der Waals surface area contributed by atoms with Crippen LogP contribution in [0.4, 0.5) is 19.4 Å². The second kappa shape index (κ2) is 7.16. The van der Waals surface area contributed by atoms with Gasteiger partial charge in [0.2, 0.25) is 0 Å². The molecule has 3 fully saturated rings. The van der Waals surface area contributed by atoms with E-state index in [0.717, 1.165) is 53.9 Å². The van der Waals surface area contributed by atoms with Gasteiger partial charge in [-0.1, -0.05) is 30.3 Å². The molecule has 0 spiro atoms. The van der Waals surface area contributed by atoms with E-state index in [4.69, 9.17) is 4.74 Å². The molecule has 1 atom stereocenters. The number of fused-ring (bicyclic) bond motifs is 3. The van der Waals surface area contributed by atoms with Crippen LogP contribution in [0.15, 0.2) is 30.3 Å². The highest BCUT2D eigenvalue weighted by Crippen LogP contribution is 2.38. The van der Waals surface area contributed by atoms with Crippen molar-refractivity contribution in [3.8, 4) is 10.4 Å². The van der Waals surface area contributed by atoms with Gasteiger partial charge in [0, 0.05) is 18.8 Å². The van der Waals surface area contributed by atoms with Crippen molar-refractivity contribution in [2.45, 2.75) is 25.4 Å². The first-order valence-corrected chi connectivity index (χ1v) is 9.91. The number of benzene rings is 1. The molecule has 2 aromatic rings. The fraction of sp³-hybridized carbons (Fsp3) is 0.474. The Hall–Kier alpha value is -2.06. The first-order chi connectivity index (χ1) is 12.9. The monoisotopic (exact) mass is 394 g/mol. The molecule has 144 valence electrons. The third-order valence-electron chi connectivity index (χ3n) is 5.57. The molecule has 1 aromatic heterocycles. The number of thiazole rings is 1. The zero-order valence-corrected chi connectivity index (χ0v) is 15.8. The fourth-order valence-corrected chi connectivity index (χ4v) is 4.93. The number of anilines is 1. The number of hydrogen-bond donors (Lipinski definition) is 1. The number of carbonyl (C=O) groups excluding carboxylic acids is 1. The van der Waals surface area contributed by atoms with Crippen molar-refractivity contribution >= 4 is 23.2 Å². The number of hydrogen-bond acceptors (Lipinski definition) is 4. The highest BCUT2D eigenvalue weighted by Gasteiger charge is 2.45. The third-order valence-corrected chi connectivity index (χ3v) is 6.68. The molecular weight excluding hydrogens is 372 g/mol. The smallest absolute Gasteiger partial charge is 0.413 e. The van der Waals surface area contributed by atoms with Crippen molar-refractivity contribution in [3.05, 3.63) is 35.3 Å². The Bertz CT molecular complexity index is 820. The van der Waals surface area contributed by atoms with Gasteiger partial charge in [-0.3, -0.25) is 5.32 Å². The maximum Gasteiger partial charge on any atom is 0.413 e. The van der Waals surface area contributed by atoms with Crippen LogP contribution in [0.2, 0.25) is 0 Å². The van der Waals surface area contributed by atoms with E-state index in [1.54, 1.807) is 12.1 Å². The summed E-state index contributed by atoms with van der Waals surface area (Å²) in [5.41, 5.74) is 0.734. The number of halogens is 2. The van der Waals surface area contributed by atoms with Gasteiger partial charge in [0.15, 0.2) is 16.9 Å². The Morgan fingerprint density at radius 3 is 2.63 bits per heavy atom. The van der Waals surface area contributed by atoms with Gasteiger partial charge in [-0.2, -0.15) is 0 Å². The topological polar surface area (TPSA) is 51.2 Å². The van der Waals surface area contributed by atoms with Gasteiger partial charge in [0.05, 0.1) is 25.0 Å². The lowest BCUT2D eigenvalue weighted by molar-refractivity contribution is -0.928. The van der Waals surface area contributed by atoms with Crippen molar-refractivity contribution in [1.82, 2.24) is 4.98 Å². The number of aromatic nitrogens is 1. The quantitative estimate of drug-likeness (QED) is 0.775. The first-order valence-electron chi connectivity index (χ1n) is 9.09. The number of quaternary nitrogens is 1. The minimum absolute atomic E-state index is 0.133. The van der Waals surface area contributed by atoms with Crippen LogP contribution in [-0.4, -0.2) is 48.3 Å². The summed E-state index contributed by atoms with van der Waals surface area (Å²) in [6, 6.07) is 9.08. The van der Waals surface area contributed by atoms with Crippen molar-refractivity contribution in [2.75, 3.05) is 32.0 Å². The Labute approximate surface area is 160 Å². The number of rotatable bonds is 4. The van der Waals surface area contributed by atoms with Crippen LogP contribution >= 0.6 is 11.3 Å². The lowest BCUT2D eigenvalue weighted by Gasteiger charge is -2.49. The summed E-state index contributed by atoms with van der Waals surface area (Å²) in [4.78, 5) is 16.9. The molecule has 5 nitrogen and oxygen atoms in total. The van der Waals surface area contributed by atoms with Crippen LogP contribution in [0.25, 0.3) is 10.4 Å². The van der Waals surface area contributed by atoms with Crippen LogP contribution in [-0.2, 0) is 4.74 Å². The van der Waals surface area contributed by atoms with Crippen LogP contribution in [0.1, 0.15) is 24.3 Å². The highest BCUT2D eigenvalue weighted by molar-refractivity contribution is 7.15. The second-order valence-corrected chi connectivity index (χ2v) is 8.58. The standard InChI is InChI=1S/C19H21F2N3O2S/c1-24-9-7-12(8-10-24)14(11-24)26-19(25)23-17-15(13-5-3-2-4-6-13)27-18(22-17)16(20)21/h2-6,12,14,16H,7-11H2,1H3/p+1/t12?,14-,24?/m0/s1. The maximum absolute atomic E-state index is 13.1. The van der Waals surface area contributed by atoms with Gasteiger partial charge in [0.1, 0.15) is 6.54 Å². The molecule has 1 aromatic carbocycles. The largest absolute Gasteiger partial charge is 0.440 e. The fourth-order valence-electron chi connectivity index (χ4n) is 4.05. The Balaban J connectivity index is 1.51. The average molecular weight is 394 g/mol. The molecule has 8 heteroatoms. The van der Waals surface area contributed by atoms with E-state index in [1.165, 1.54) is 0 Å². The SMILES string of the molecule is C[N+]12CCC(CC1)[C@@H](OC(=O)Nc1nc(C(F)F)sc1-c1ccccc1)C2. The number of nitrogens with one attached hydrogen (secondary N) is 1. The van der Waals surface area contributed by atoms with Gasteiger partial charge in [-0.15, -0.1) is 11.3 Å². The number of amides is 1. The number of piperidine rings is 3. The van der Waals surface area contributed by atoms with Crippen LogP contribution < -0.4 is 5.32 Å². The molecule has 27 heavy (non-hydrogen) atoms. The van der Waals surface area contributed by atoms with Gasteiger partial charge >= 0.3 is 6.09 Å². The number of likely N-dealkylation sites (N-methyl/N-ethyl adjacent to an activating group) is 1. The Kier molecular flexibility index (Phi) is 4.86. The first kappa shape index (κ1) is 18.3. The Morgan fingerprint density at radius 1 is 1.30 bits per heavy atom. The highest BCUT2D eigenvalue weighted by atomic mass is 32.1. The minimum atomic E-state index is -2.68. The average Bonchev–Trinajstić information content (AvgIpc) is 3.06. The van der Waals surface area contributed by atoms with E-state index in [2.05, 4.69) is 17.3 Å². The van der Waals surface area contributed by atoms with E-state index < -0.39 is 12.5 Å². The van der Waals surface area contributed by atoms with Crippen molar-refractivity contribution < 1.29 is 22.8 Å². The molecule has 4 heterocycles. The van der Waals surface area contributed by atoms with Crippen molar-refractivity contribution in [2.24, 2.45) is 5.92 Å². The number of carbonyl (C=O) groups is 1. The molecule has 3 aliphatic rings. The molecule has 5 rings (SSSR count). The zero-order valence-electron chi connectivity index (χ0n) is 15.0. The summed E-state index contributed by atoms with van der Waals surface area (Å²) >= 11 is 0.886. The summed E-state index contributed by atoms with van der Waals surface area (Å²) < 4.78 is 32.9.